The van der Waals surface area contributed by atoms with E-state index in [9.17, 15) is 8.78 Å². The maximum Gasteiger partial charge on any atom is 0.137 e. The van der Waals surface area contributed by atoms with E-state index in [1.165, 1.54) is 18.2 Å². The van der Waals surface area contributed by atoms with Gasteiger partial charge >= 0.3 is 0 Å². The lowest BCUT2D eigenvalue weighted by Crippen LogP contribution is -2.10. The topological polar surface area (TPSA) is 39.9 Å². The van der Waals surface area contributed by atoms with Crippen LogP contribution in [0, 0.1) is 11.6 Å². The van der Waals surface area contributed by atoms with E-state index in [-0.39, 0.29) is 12.0 Å². The molecular weight excluding hydrogens is 252 g/mol. The largest absolute Gasteiger partial charge is 0.379 e. The number of ether oxygens (including phenoxy) is 1. The molecule has 100 valence electrons. The van der Waals surface area contributed by atoms with Crippen molar-refractivity contribution >= 4 is 0 Å². The zero-order valence-corrected chi connectivity index (χ0v) is 10.3. The Balaban J connectivity index is 1.94. The molecule has 4 nitrogen and oxygen atoms in total. The van der Waals surface area contributed by atoms with Crippen molar-refractivity contribution in [1.29, 1.82) is 0 Å². The van der Waals surface area contributed by atoms with Crippen LogP contribution >= 0.6 is 0 Å². The van der Waals surface area contributed by atoms with E-state index in [0.29, 0.717) is 32.0 Å². The van der Waals surface area contributed by atoms with E-state index in [0.717, 1.165) is 5.82 Å². The quantitative estimate of drug-likeness (QED) is 0.830. The molecule has 1 aliphatic heterocycles. The molecule has 0 radical (unpaired) electrons. The molecule has 0 saturated carbocycles. The Labute approximate surface area is 109 Å². The maximum absolute atomic E-state index is 13.6. The molecule has 1 aliphatic rings. The van der Waals surface area contributed by atoms with Gasteiger partial charge in [0.2, 0.25) is 0 Å². The van der Waals surface area contributed by atoms with Crippen LogP contribution in [0.1, 0.15) is 17.2 Å². The van der Waals surface area contributed by atoms with Gasteiger partial charge in [0, 0.05) is 24.9 Å². The predicted octanol–water partition coefficient (Wildman–Crippen LogP) is 1.72. The van der Waals surface area contributed by atoms with Crippen LogP contribution in [0.4, 0.5) is 8.78 Å². The molecule has 0 saturated heterocycles. The lowest BCUT2D eigenvalue weighted by molar-refractivity contribution is 0.139. The summed E-state index contributed by atoms with van der Waals surface area (Å²) in [5.41, 5.74) is 0.0304. The number of rotatable bonds is 2. The second kappa shape index (κ2) is 5.05. The summed E-state index contributed by atoms with van der Waals surface area (Å²) in [5.74, 6) is 0.276. The Hall–Kier alpha value is -1.82. The Bertz CT molecular complexity index is 577. The zero-order chi connectivity index (χ0) is 13.2. The second-order valence-electron chi connectivity index (χ2n) is 4.42. The summed E-state index contributed by atoms with van der Waals surface area (Å²) in [5, 5.41) is 8.10. The van der Waals surface area contributed by atoms with Crippen LogP contribution in [-0.2, 0) is 24.1 Å². The number of halogens is 2. The van der Waals surface area contributed by atoms with Crippen LogP contribution in [0.5, 0.6) is 0 Å². The third kappa shape index (κ3) is 2.35. The first-order valence-electron chi connectivity index (χ1n) is 6.17. The average Bonchev–Trinajstić information content (AvgIpc) is 2.62. The lowest BCUT2D eigenvalue weighted by Gasteiger charge is -2.07. The standard InChI is InChI=1S/C13H13F2N3O/c14-10-2-1-3-11(15)9(10)8-13-17-16-12-4-6-19-7-5-18(12)13/h1-3H,4-8H2. The number of aromatic nitrogens is 3. The minimum atomic E-state index is -0.553. The number of benzene rings is 1. The van der Waals surface area contributed by atoms with Gasteiger partial charge in [-0.05, 0) is 12.1 Å². The highest BCUT2D eigenvalue weighted by molar-refractivity contribution is 5.23. The van der Waals surface area contributed by atoms with Crippen molar-refractivity contribution in [3.05, 3.63) is 47.0 Å². The van der Waals surface area contributed by atoms with Crippen molar-refractivity contribution in [2.75, 3.05) is 13.2 Å². The summed E-state index contributed by atoms with van der Waals surface area (Å²) in [6.45, 7) is 1.79. The van der Waals surface area contributed by atoms with Crippen molar-refractivity contribution in [2.24, 2.45) is 0 Å². The molecule has 0 atom stereocenters. The summed E-state index contributed by atoms with van der Waals surface area (Å²) >= 11 is 0. The number of fused-ring (bicyclic) bond motifs is 1. The van der Waals surface area contributed by atoms with Gasteiger partial charge in [0.1, 0.15) is 23.3 Å². The van der Waals surface area contributed by atoms with Gasteiger partial charge in [0.05, 0.1) is 13.2 Å². The van der Waals surface area contributed by atoms with Gasteiger partial charge in [0.15, 0.2) is 0 Å². The van der Waals surface area contributed by atoms with Crippen LogP contribution in [0.15, 0.2) is 18.2 Å². The summed E-state index contributed by atoms with van der Waals surface area (Å²) < 4.78 is 34.5. The monoisotopic (exact) mass is 265 g/mol. The highest BCUT2D eigenvalue weighted by Gasteiger charge is 2.18. The fraction of sp³-hybridized carbons (Fsp3) is 0.385. The third-order valence-corrected chi connectivity index (χ3v) is 3.23. The van der Waals surface area contributed by atoms with E-state index >= 15 is 0 Å². The van der Waals surface area contributed by atoms with Crippen molar-refractivity contribution in [3.8, 4) is 0 Å². The van der Waals surface area contributed by atoms with E-state index in [4.69, 9.17) is 4.74 Å². The first kappa shape index (κ1) is 12.2. The maximum atomic E-state index is 13.6. The Kier molecular flexibility index (Phi) is 3.25. The highest BCUT2D eigenvalue weighted by atomic mass is 19.1. The molecule has 0 N–H and O–H groups in total. The average molecular weight is 265 g/mol. The minimum absolute atomic E-state index is 0.0304. The van der Waals surface area contributed by atoms with Gasteiger partial charge in [-0.25, -0.2) is 8.78 Å². The fourth-order valence-corrected chi connectivity index (χ4v) is 2.23. The minimum Gasteiger partial charge on any atom is -0.379 e. The van der Waals surface area contributed by atoms with E-state index in [1.54, 1.807) is 0 Å². The van der Waals surface area contributed by atoms with E-state index < -0.39 is 11.6 Å². The molecule has 19 heavy (non-hydrogen) atoms. The van der Waals surface area contributed by atoms with Gasteiger partial charge in [-0.2, -0.15) is 0 Å². The molecule has 0 spiro atoms. The van der Waals surface area contributed by atoms with Crippen molar-refractivity contribution in [1.82, 2.24) is 14.8 Å². The summed E-state index contributed by atoms with van der Waals surface area (Å²) in [6.07, 6.45) is 0.776. The molecule has 0 bridgehead atoms. The lowest BCUT2D eigenvalue weighted by atomic mass is 10.1. The van der Waals surface area contributed by atoms with Gasteiger partial charge < -0.3 is 9.30 Å². The van der Waals surface area contributed by atoms with E-state index in [1.807, 2.05) is 4.57 Å². The molecule has 0 fully saturated rings. The predicted molar refractivity (Wildman–Crippen MR) is 63.7 cm³/mol. The number of nitrogens with zero attached hydrogens (tertiary/aromatic N) is 3. The van der Waals surface area contributed by atoms with Gasteiger partial charge in [-0.1, -0.05) is 6.07 Å². The molecule has 0 amide bonds. The number of hydrogen-bond acceptors (Lipinski definition) is 3. The van der Waals surface area contributed by atoms with Gasteiger partial charge in [-0.3, -0.25) is 0 Å². The van der Waals surface area contributed by atoms with Crippen molar-refractivity contribution < 1.29 is 13.5 Å². The van der Waals surface area contributed by atoms with Gasteiger partial charge in [-0.15, -0.1) is 10.2 Å². The number of hydrogen-bond donors (Lipinski definition) is 0. The Morgan fingerprint density at radius 3 is 2.74 bits per heavy atom. The molecule has 2 heterocycles. The zero-order valence-electron chi connectivity index (χ0n) is 10.3. The third-order valence-electron chi connectivity index (χ3n) is 3.23. The summed E-state index contributed by atoms with van der Waals surface area (Å²) in [6, 6.07) is 3.86. The molecule has 2 aromatic rings. The fourth-order valence-electron chi connectivity index (χ4n) is 2.23. The van der Waals surface area contributed by atoms with Gasteiger partial charge in [0.25, 0.3) is 0 Å². The first-order chi connectivity index (χ1) is 9.25. The summed E-state index contributed by atoms with van der Waals surface area (Å²) in [4.78, 5) is 0. The van der Waals surface area contributed by atoms with Crippen LogP contribution in [0.2, 0.25) is 0 Å². The smallest absolute Gasteiger partial charge is 0.137 e. The first-order valence-corrected chi connectivity index (χ1v) is 6.17. The molecule has 3 rings (SSSR count). The van der Waals surface area contributed by atoms with Crippen molar-refractivity contribution in [3.63, 3.8) is 0 Å². The van der Waals surface area contributed by atoms with Crippen LogP contribution < -0.4 is 0 Å². The van der Waals surface area contributed by atoms with Crippen LogP contribution in [0.3, 0.4) is 0 Å². The van der Waals surface area contributed by atoms with Crippen molar-refractivity contribution in [2.45, 2.75) is 19.4 Å². The molecule has 1 aromatic heterocycles. The Morgan fingerprint density at radius 1 is 1.16 bits per heavy atom. The molecule has 0 unspecified atom stereocenters. The highest BCUT2D eigenvalue weighted by Crippen LogP contribution is 2.17. The van der Waals surface area contributed by atoms with E-state index in [2.05, 4.69) is 10.2 Å². The second-order valence-corrected chi connectivity index (χ2v) is 4.42. The molecular formula is C13H13F2N3O. The summed E-state index contributed by atoms with van der Waals surface area (Å²) in [7, 11) is 0. The Morgan fingerprint density at radius 2 is 1.95 bits per heavy atom. The SMILES string of the molecule is Fc1cccc(F)c1Cc1nnc2n1CCOCC2. The molecule has 1 aromatic carbocycles. The van der Waals surface area contributed by atoms with Crippen LogP contribution in [0.25, 0.3) is 0 Å². The molecule has 6 heteroatoms. The normalized spacial score (nSPS) is 15.1. The molecule has 0 aliphatic carbocycles. The van der Waals surface area contributed by atoms with Crippen LogP contribution in [-0.4, -0.2) is 28.0 Å².